The van der Waals surface area contributed by atoms with E-state index in [1.54, 1.807) is 12.4 Å². The third-order valence-corrected chi connectivity index (χ3v) is 5.66. The Morgan fingerprint density at radius 3 is 1.93 bits per heavy atom. The number of carboxylic acids is 1. The molecule has 27 heavy (non-hydrogen) atoms. The lowest BCUT2D eigenvalue weighted by Gasteiger charge is -2.36. The van der Waals surface area contributed by atoms with E-state index in [2.05, 4.69) is 11.9 Å². The van der Waals surface area contributed by atoms with Crippen molar-refractivity contribution in [1.82, 2.24) is 0 Å². The molecule has 1 heterocycles. The summed E-state index contributed by atoms with van der Waals surface area (Å²) in [5, 5.41) is 11.1. The van der Waals surface area contributed by atoms with Crippen molar-refractivity contribution in [1.29, 1.82) is 0 Å². The molecule has 0 saturated heterocycles. The van der Waals surface area contributed by atoms with Crippen LogP contribution < -0.4 is 10.8 Å². The molecule has 0 amide bonds. The number of hydrogen-bond acceptors (Lipinski definition) is 4. The number of hydrogen-bond donors (Lipinski definition) is 1. The molecule has 0 fully saturated rings. The third kappa shape index (κ3) is 9.02. The largest absolute Gasteiger partial charge is 0.544 e. The maximum Gasteiger partial charge on any atom is 0.209 e. The lowest BCUT2D eigenvalue weighted by Crippen LogP contribution is -2.60. The van der Waals surface area contributed by atoms with Gasteiger partial charge in [-0.1, -0.05) is 84.0 Å². The number of amidine groups is 1. The average molecular weight is 380 g/mol. The predicted molar refractivity (Wildman–Crippen MR) is 111 cm³/mol. The molecular formula is C22H41N3O2. The predicted octanol–water partition coefficient (Wildman–Crippen LogP) is 4.22. The van der Waals surface area contributed by atoms with Crippen LogP contribution >= 0.6 is 0 Å². The second-order valence-electron chi connectivity index (χ2n) is 8.04. The fraction of sp³-hybridized carbons (Fsp3) is 0.818. The molecule has 5 nitrogen and oxygen atoms in total. The Morgan fingerprint density at radius 2 is 1.48 bits per heavy atom. The summed E-state index contributed by atoms with van der Waals surface area (Å²) in [7, 11) is 0. The molecular weight excluding hydrogens is 338 g/mol. The highest BCUT2D eigenvalue weighted by Crippen LogP contribution is 2.23. The highest BCUT2D eigenvalue weighted by atomic mass is 16.4. The van der Waals surface area contributed by atoms with Crippen molar-refractivity contribution in [3.8, 4) is 0 Å². The minimum atomic E-state index is -1.09. The van der Waals surface area contributed by atoms with Gasteiger partial charge in [0.05, 0.1) is 12.2 Å². The number of carbonyl (C=O) groups excluding carboxylic acids is 1. The zero-order valence-corrected chi connectivity index (χ0v) is 17.6. The molecule has 0 radical (unpaired) electrons. The number of quaternary nitrogens is 1. The molecule has 0 bridgehead atoms. The standard InChI is InChI=1S/C22H41N3O2/c1-3-4-5-6-7-8-9-10-11-12-13-14-15-16-21-24-17-18-25(21,20(2)23)19-22(26)27/h17-18,20H,3-16,19,23H2,1-2H3. The van der Waals surface area contributed by atoms with Gasteiger partial charge < -0.3 is 9.90 Å². The topological polar surface area (TPSA) is 78.5 Å². The van der Waals surface area contributed by atoms with Crippen LogP contribution in [0.15, 0.2) is 17.4 Å². The van der Waals surface area contributed by atoms with Crippen LogP contribution in [0, 0.1) is 0 Å². The van der Waals surface area contributed by atoms with Crippen LogP contribution in [0.3, 0.4) is 0 Å². The van der Waals surface area contributed by atoms with Crippen molar-refractivity contribution in [3.63, 3.8) is 0 Å². The van der Waals surface area contributed by atoms with E-state index in [-0.39, 0.29) is 17.2 Å². The van der Waals surface area contributed by atoms with Gasteiger partial charge in [0.2, 0.25) is 5.84 Å². The van der Waals surface area contributed by atoms with E-state index in [1.807, 2.05) is 6.92 Å². The van der Waals surface area contributed by atoms with Crippen LogP contribution in [0.4, 0.5) is 0 Å². The van der Waals surface area contributed by atoms with Crippen molar-refractivity contribution < 1.29 is 14.4 Å². The maximum absolute atomic E-state index is 11.1. The molecule has 1 rings (SSSR count). The summed E-state index contributed by atoms with van der Waals surface area (Å²) in [4.78, 5) is 15.5. The first-order valence-electron chi connectivity index (χ1n) is 11.1. The quantitative estimate of drug-likeness (QED) is 0.303. The van der Waals surface area contributed by atoms with Gasteiger partial charge in [0.15, 0.2) is 0 Å². The number of rotatable bonds is 17. The summed E-state index contributed by atoms with van der Waals surface area (Å²) in [5.41, 5.74) is 6.06. The molecule has 0 saturated carbocycles. The summed E-state index contributed by atoms with van der Waals surface area (Å²) < 4.78 is 0.112. The number of carboxylic acid groups (broad SMARTS) is 1. The zero-order chi connectivity index (χ0) is 20.0. The van der Waals surface area contributed by atoms with Crippen LogP contribution in [0.1, 0.15) is 104 Å². The number of unbranched alkanes of at least 4 members (excludes halogenated alkanes) is 12. The van der Waals surface area contributed by atoms with Crippen LogP contribution in [0.5, 0.6) is 0 Å². The van der Waals surface area contributed by atoms with E-state index in [9.17, 15) is 9.90 Å². The summed E-state index contributed by atoms with van der Waals surface area (Å²) in [6, 6.07) is 0. The van der Waals surface area contributed by atoms with Crippen molar-refractivity contribution in [2.45, 2.75) is 110 Å². The highest BCUT2D eigenvalue weighted by molar-refractivity contribution is 5.81. The second kappa shape index (κ2) is 13.9. The molecule has 156 valence electrons. The van der Waals surface area contributed by atoms with Crippen molar-refractivity contribution in [3.05, 3.63) is 12.4 Å². The van der Waals surface area contributed by atoms with Crippen molar-refractivity contribution in [2.75, 3.05) is 6.54 Å². The van der Waals surface area contributed by atoms with E-state index in [0.29, 0.717) is 0 Å². The van der Waals surface area contributed by atoms with Gasteiger partial charge in [0, 0.05) is 13.3 Å². The highest BCUT2D eigenvalue weighted by Gasteiger charge is 2.38. The number of aliphatic imine (C=N–C) groups is 1. The van der Waals surface area contributed by atoms with Crippen LogP contribution in [0.25, 0.3) is 0 Å². The van der Waals surface area contributed by atoms with Gasteiger partial charge in [0.25, 0.3) is 0 Å². The van der Waals surface area contributed by atoms with Crippen LogP contribution in [-0.4, -0.2) is 29.0 Å². The van der Waals surface area contributed by atoms with E-state index in [0.717, 1.165) is 18.7 Å². The average Bonchev–Trinajstić information content (AvgIpc) is 3.02. The van der Waals surface area contributed by atoms with Gasteiger partial charge in [0.1, 0.15) is 18.9 Å². The number of carbonyl (C=O) groups is 1. The molecule has 1 aliphatic heterocycles. The van der Waals surface area contributed by atoms with Gasteiger partial charge in [-0.3, -0.25) is 5.73 Å². The second-order valence-corrected chi connectivity index (χ2v) is 8.04. The number of aliphatic carboxylic acids is 1. The molecule has 2 atom stereocenters. The van der Waals surface area contributed by atoms with Crippen LogP contribution in [0.2, 0.25) is 0 Å². The Balaban J connectivity index is 2.07. The monoisotopic (exact) mass is 379 g/mol. The molecule has 5 heteroatoms. The summed E-state index contributed by atoms with van der Waals surface area (Å²) in [6.45, 7) is 3.96. The third-order valence-electron chi connectivity index (χ3n) is 5.66. The van der Waals surface area contributed by atoms with Gasteiger partial charge in [-0.25, -0.2) is 9.48 Å². The Hall–Kier alpha value is -1.20. The van der Waals surface area contributed by atoms with E-state index in [4.69, 9.17) is 5.73 Å². The maximum atomic E-state index is 11.1. The zero-order valence-electron chi connectivity index (χ0n) is 17.6. The van der Waals surface area contributed by atoms with Gasteiger partial charge >= 0.3 is 0 Å². The minimum Gasteiger partial charge on any atom is -0.544 e. The molecule has 0 aromatic carbocycles. The van der Waals surface area contributed by atoms with Crippen LogP contribution in [-0.2, 0) is 4.79 Å². The Bertz CT molecular complexity index is 474. The Morgan fingerprint density at radius 1 is 1.00 bits per heavy atom. The fourth-order valence-corrected chi connectivity index (χ4v) is 3.88. The first-order chi connectivity index (χ1) is 13.0. The molecule has 0 aliphatic carbocycles. The van der Waals surface area contributed by atoms with E-state index in [1.165, 1.54) is 77.0 Å². The normalized spacial score (nSPS) is 20.0. The lowest BCUT2D eigenvalue weighted by molar-refractivity contribution is -0.808. The first kappa shape index (κ1) is 23.8. The SMILES string of the molecule is CCCCCCCCCCCCCCCC1=NC=C[N+]1(CC(=O)[O-])C(C)N. The van der Waals surface area contributed by atoms with Gasteiger partial charge in [-0.05, 0) is 6.42 Å². The molecule has 0 aromatic heterocycles. The van der Waals surface area contributed by atoms with Gasteiger partial charge in [-0.2, -0.15) is 0 Å². The summed E-state index contributed by atoms with van der Waals surface area (Å²) in [6.07, 6.45) is 21.1. The molecule has 2 unspecified atom stereocenters. The number of nitrogens with zero attached hydrogens (tertiary/aromatic N) is 2. The summed E-state index contributed by atoms with van der Waals surface area (Å²) >= 11 is 0. The Kier molecular flexibility index (Phi) is 12.3. The molecule has 0 spiro atoms. The molecule has 0 aromatic rings. The Labute approximate surface area is 166 Å². The van der Waals surface area contributed by atoms with Crippen molar-refractivity contribution in [2.24, 2.45) is 10.7 Å². The van der Waals surface area contributed by atoms with E-state index < -0.39 is 5.97 Å². The first-order valence-corrected chi connectivity index (χ1v) is 11.1. The molecule has 1 aliphatic rings. The smallest absolute Gasteiger partial charge is 0.209 e. The lowest BCUT2D eigenvalue weighted by atomic mass is 10.0. The van der Waals surface area contributed by atoms with Gasteiger partial charge in [-0.15, -0.1) is 0 Å². The van der Waals surface area contributed by atoms with Crippen molar-refractivity contribution >= 4 is 11.8 Å². The minimum absolute atomic E-state index is 0.112. The fourth-order valence-electron chi connectivity index (χ4n) is 3.88. The molecule has 2 N–H and O–H groups in total. The summed E-state index contributed by atoms with van der Waals surface area (Å²) in [5.74, 6) is -0.228. The van der Waals surface area contributed by atoms with E-state index >= 15 is 0 Å². The number of nitrogens with two attached hydrogens (primary N) is 1.